The van der Waals surface area contributed by atoms with Gasteiger partial charge in [-0.05, 0) is 243 Å². The average Bonchev–Trinajstić information content (AvgIpc) is 3.55. The van der Waals surface area contributed by atoms with E-state index in [0.717, 1.165) is 0 Å². The van der Waals surface area contributed by atoms with Crippen LogP contribution in [-0.2, 0) is 5.41 Å². The van der Waals surface area contributed by atoms with E-state index in [0.29, 0.717) is 0 Å². The fraction of sp³-hybridized carbons (Fsp3) is 0.440. The van der Waals surface area contributed by atoms with E-state index in [1.165, 1.54) is 150 Å². The number of hydrogen-bond acceptors (Lipinski definition) is 0. The maximum atomic E-state index is 2.61. The van der Waals surface area contributed by atoms with Crippen LogP contribution in [0.15, 0.2) is 6.20 Å². The minimum absolute atomic E-state index is 0.205. The largest absolute Gasteiger partial charge is 0.315 e. The van der Waals surface area contributed by atoms with Gasteiger partial charge in [0.25, 0.3) is 0 Å². The zero-order valence-corrected chi connectivity index (χ0v) is 36.5. The number of rotatable bonds is 4. The molecule has 2 heterocycles. The van der Waals surface area contributed by atoms with Gasteiger partial charge >= 0.3 is 0 Å². The van der Waals surface area contributed by atoms with Crippen molar-refractivity contribution in [2.75, 3.05) is 0 Å². The van der Waals surface area contributed by atoms with Crippen molar-refractivity contribution in [1.82, 2.24) is 9.13 Å². The van der Waals surface area contributed by atoms with E-state index in [2.05, 4.69) is 161 Å². The molecular weight excluding hydrogens is 629 g/mol. The lowest BCUT2D eigenvalue weighted by Gasteiger charge is -2.37. The number of nitrogens with zero attached hydrogens (tertiary/aromatic N) is 2. The third kappa shape index (κ3) is 4.74. The van der Waals surface area contributed by atoms with Crippen LogP contribution in [0.3, 0.4) is 0 Å². The van der Waals surface area contributed by atoms with E-state index in [4.69, 9.17) is 0 Å². The molecule has 0 fully saturated rings. The van der Waals surface area contributed by atoms with Crippen molar-refractivity contribution in [1.29, 1.82) is 0 Å². The molecule has 0 bridgehead atoms. The van der Waals surface area contributed by atoms with E-state index in [1.54, 1.807) is 0 Å². The minimum Gasteiger partial charge on any atom is -0.315 e. The highest BCUT2D eigenvalue weighted by atomic mass is 15.0. The zero-order chi connectivity index (χ0) is 39.0. The van der Waals surface area contributed by atoms with E-state index >= 15 is 0 Å². The normalized spacial score (nSPS) is 12.3. The predicted molar refractivity (Wildman–Crippen MR) is 229 cm³/mol. The summed E-state index contributed by atoms with van der Waals surface area (Å²) in [7, 11) is 0. The van der Waals surface area contributed by atoms with Gasteiger partial charge in [0.05, 0.1) is 22.4 Å². The molecule has 0 saturated heterocycles. The van der Waals surface area contributed by atoms with Crippen LogP contribution in [0, 0.1) is 132 Å². The Morgan fingerprint density at radius 2 is 0.712 bits per heavy atom. The Hall–Kier alpha value is -4.04. The maximum Gasteiger partial charge on any atom is 0.0569 e. The molecule has 6 rings (SSSR count). The van der Waals surface area contributed by atoms with Gasteiger partial charge in [-0.2, -0.15) is 0 Å². The summed E-state index contributed by atoms with van der Waals surface area (Å²) < 4.78 is 5.13. The van der Waals surface area contributed by atoms with Gasteiger partial charge in [0.2, 0.25) is 0 Å². The van der Waals surface area contributed by atoms with Crippen molar-refractivity contribution in [3.8, 4) is 11.4 Å². The average molecular weight is 693 g/mol. The molecule has 6 aromatic rings. The summed E-state index contributed by atoms with van der Waals surface area (Å²) in [5.41, 5.74) is 34.6. The van der Waals surface area contributed by atoms with Crippen LogP contribution in [0.2, 0.25) is 0 Å². The van der Waals surface area contributed by atoms with Crippen molar-refractivity contribution < 1.29 is 0 Å². The SMILES string of the molecule is Cc1c(C)c(C(C)(C)c2c(C)c(C)c(-n3c(C)c(C)c4c(C)c(C)c(C)c(C)c43)c(C)c2C)c(C)c(C)c1-n1cc(C)c2c(C)c(C)c(C)c(C)c21. The molecule has 2 nitrogen and oxygen atoms in total. The number of hydrogen-bond donors (Lipinski definition) is 0. The molecule has 0 radical (unpaired) electrons. The Morgan fingerprint density at radius 1 is 0.346 bits per heavy atom. The monoisotopic (exact) mass is 693 g/mol. The molecule has 2 heteroatoms. The van der Waals surface area contributed by atoms with Crippen LogP contribution < -0.4 is 0 Å². The lowest BCUT2D eigenvalue weighted by molar-refractivity contribution is 0.617. The first-order chi connectivity index (χ1) is 24.0. The van der Waals surface area contributed by atoms with Crippen molar-refractivity contribution >= 4 is 21.8 Å². The Balaban J connectivity index is 1.63. The summed E-state index contributed by atoms with van der Waals surface area (Å²) in [5, 5.41) is 2.84. The molecule has 0 spiro atoms. The van der Waals surface area contributed by atoms with E-state index in [-0.39, 0.29) is 5.41 Å². The lowest BCUT2D eigenvalue weighted by atomic mass is 9.68. The summed E-state index contributed by atoms with van der Waals surface area (Å²) >= 11 is 0. The van der Waals surface area contributed by atoms with Gasteiger partial charge < -0.3 is 9.13 Å². The van der Waals surface area contributed by atoms with Crippen LogP contribution in [0.4, 0.5) is 0 Å². The molecule has 0 N–H and O–H groups in total. The molecule has 2 aromatic heterocycles. The van der Waals surface area contributed by atoms with Crippen molar-refractivity contribution in [2.45, 2.75) is 151 Å². The number of fused-ring (bicyclic) bond motifs is 2. The lowest BCUT2D eigenvalue weighted by Crippen LogP contribution is -2.27. The van der Waals surface area contributed by atoms with Gasteiger partial charge in [0.1, 0.15) is 0 Å². The highest BCUT2D eigenvalue weighted by Crippen LogP contribution is 2.47. The molecule has 0 atom stereocenters. The van der Waals surface area contributed by atoms with Crippen LogP contribution in [0.25, 0.3) is 33.2 Å². The van der Waals surface area contributed by atoms with Crippen LogP contribution in [0.1, 0.15) is 131 Å². The van der Waals surface area contributed by atoms with E-state index < -0.39 is 0 Å². The molecule has 0 unspecified atom stereocenters. The molecule has 0 saturated carbocycles. The highest BCUT2D eigenvalue weighted by molar-refractivity contribution is 5.95. The zero-order valence-electron chi connectivity index (χ0n) is 36.5. The molecule has 4 aromatic carbocycles. The second-order valence-electron chi connectivity index (χ2n) is 17.2. The number of benzene rings is 4. The van der Waals surface area contributed by atoms with Gasteiger partial charge in [0, 0.05) is 28.1 Å². The summed E-state index contributed by atoms with van der Waals surface area (Å²) in [6, 6.07) is 0. The Labute approximate surface area is 315 Å². The molecule has 0 aliphatic carbocycles. The molecule has 52 heavy (non-hydrogen) atoms. The smallest absolute Gasteiger partial charge is 0.0569 e. The standard InChI is InChI=1S/C50H64N2/c1-23-22-51(48-34(12)26(4)24(2)28(6)42(23)48)46-36(14)30(8)44(31(9)37(46)15)50(20,21)45-32(10)38(16)47(39(17)33(45)11)52-41(19)40(18)43-29(7)25(3)27(5)35(13)49(43)52/h22H,1-21H3. The second-order valence-corrected chi connectivity index (χ2v) is 17.2. The van der Waals surface area contributed by atoms with Crippen molar-refractivity contribution in [2.24, 2.45) is 0 Å². The topological polar surface area (TPSA) is 9.86 Å². The quantitative estimate of drug-likeness (QED) is 0.174. The molecule has 0 aliphatic heterocycles. The van der Waals surface area contributed by atoms with E-state index in [9.17, 15) is 0 Å². The van der Waals surface area contributed by atoms with Crippen LogP contribution >= 0.6 is 0 Å². The summed E-state index contributed by atoms with van der Waals surface area (Å²) in [5.74, 6) is 0. The first kappa shape index (κ1) is 37.7. The summed E-state index contributed by atoms with van der Waals surface area (Å²) in [6.07, 6.45) is 2.39. The van der Waals surface area contributed by atoms with Gasteiger partial charge in [-0.3, -0.25) is 0 Å². The molecular formula is C50H64N2. The van der Waals surface area contributed by atoms with E-state index in [1.807, 2.05) is 0 Å². The second kappa shape index (κ2) is 12.3. The van der Waals surface area contributed by atoms with Crippen molar-refractivity contribution in [3.63, 3.8) is 0 Å². The third-order valence-electron chi connectivity index (χ3n) is 14.6. The van der Waals surface area contributed by atoms with Gasteiger partial charge in [-0.1, -0.05) is 13.8 Å². The molecule has 0 aliphatic rings. The first-order valence-electron chi connectivity index (χ1n) is 19.4. The number of aryl methyl sites for hydroxylation is 6. The highest BCUT2D eigenvalue weighted by Gasteiger charge is 2.35. The summed E-state index contributed by atoms with van der Waals surface area (Å²) in [6.45, 7) is 49.2. The van der Waals surface area contributed by atoms with Gasteiger partial charge in [-0.15, -0.1) is 0 Å². The number of aromatic nitrogens is 2. The van der Waals surface area contributed by atoms with Crippen molar-refractivity contribution in [3.05, 3.63) is 123 Å². The minimum atomic E-state index is -0.205. The maximum absolute atomic E-state index is 2.61. The molecule has 0 amide bonds. The first-order valence-corrected chi connectivity index (χ1v) is 19.4. The van der Waals surface area contributed by atoms with Crippen LogP contribution in [0.5, 0.6) is 0 Å². The Morgan fingerprint density at radius 3 is 1.15 bits per heavy atom. The Kier molecular flexibility index (Phi) is 8.89. The molecule has 274 valence electrons. The fourth-order valence-electron chi connectivity index (χ4n) is 10.7. The Bertz CT molecular complexity index is 2490. The third-order valence-corrected chi connectivity index (χ3v) is 14.6. The fourth-order valence-corrected chi connectivity index (χ4v) is 10.7. The van der Waals surface area contributed by atoms with Gasteiger partial charge in [-0.25, -0.2) is 0 Å². The predicted octanol–water partition coefficient (Wildman–Crippen LogP) is 13.8. The van der Waals surface area contributed by atoms with Crippen LogP contribution in [-0.4, -0.2) is 9.13 Å². The van der Waals surface area contributed by atoms with Gasteiger partial charge in [0.15, 0.2) is 0 Å². The summed E-state index contributed by atoms with van der Waals surface area (Å²) in [4.78, 5) is 0.